The van der Waals surface area contributed by atoms with Crippen LogP contribution in [-0.4, -0.2) is 20.0 Å². The zero-order valence-electron chi connectivity index (χ0n) is 12.4. The van der Waals surface area contributed by atoms with Gasteiger partial charge in [-0.2, -0.15) is 0 Å². The third-order valence-corrected chi connectivity index (χ3v) is 3.75. The molecule has 2 aromatic carbocycles. The summed E-state index contributed by atoms with van der Waals surface area (Å²) in [6, 6.07) is 18.4. The summed E-state index contributed by atoms with van der Waals surface area (Å²) < 4.78 is 1.73. The van der Waals surface area contributed by atoms with Crippen molar-refractivity contribution < 1.29 is 0 Å². The van der Waals surface area contributed by atoms with Crippen molar-refractivity contribution in [1.29, 1.82) is 0 Å². The van der Waals surface area contributed by atoms with Crippen LogP contribution in [0, 0.1) is 0 Å². The highest BCUT2D eigenvalue weighted by atomic mass is 15.4. The minimum atomic E-state index is 0.733. The van der Waals surface area contributed by atoms with E-state index in [4.69, 9.17) is 0 Å². The van der Waals surface area contributed by atoms with Gasteiger partial charge in [0.1, 0.15) is 0 Å². The van der Waals surface area contributed by atoms with E-state index in [1.165, 1.54) is 5.56 Å². The van der Waals surface area contributed by atoms with Crippen LogP contribution >= 0.6 is 0 Å². The summed E-state index contributed by atoms with van der Waals surface area (Å²) in [5.41, 5.74) is 4.27. The topological polar surface area (TPSA) is 55.6 Å². The largest absolute Gasteiger partial charge is 0.381 e. The van der Waals surface area contributed by atoms with Gasteiger partial charge in [-0.1, -0.05) is 29.5 Å². The molecule has 23 heavy (non-hydrogen) atoms. The number of anilines is 1. The van der Waals surface area contributed by atoms with E-state index in [0.29, 0.717) is 0 Å². The molecule has 5 heteroatoms. The molecule has 4 aromatic rings. The second kappa shape index (κ2) is 5.88. The van der Waals surface area contributed by atoms with Gasteiger partial charge in [0.15, 0.2) is 0 Å². The van der Waals surface area contributed by atoms with Crippen LogP contribution in [0.2, 0.25) is 0 Å². The molecule has 1 N–H and O–H groups in total. The average Bonchev–Trinajstić information content (AvgIpc) is 3.15. The van der Waals surface area contributed by atoms with Gasteiger partial charge in [0, 0.05) is 23.8 Å². The van der Waals surface area contributed by atoms with Crippen LogP contribution in [0.3, 0.4) is 0 Å². The monoisotopic (exact) mass is 301 g/mol. The van der Waals surface area contributed by atoms with Crippen LogP contribution in [0.25, 0.3) is 16.6 Å². The fourth-order valence-electron chi connectivity index (χ4n) is 2.59. The zero-order valence-corrected chi connectivity index (χ0v) is 12.4. The lowest BCUT2D eigenvalue weighted by molar-refractivity contribution is 0.803. The average molecular weight is 301 g/mol. The highest BCUT2D eigenvalue weighted by molar-refractivity contribution is 5.81. The minimum absolute atomic E-state index is 0.733. The Morgan fingerprint density at radius 2 is 1.78 bits per heavy atom. The predicted octanol–water partition coefficient (Wildman–Crippen LogP) is 3.43. The Kier molecular flexibility index (Phi) is 3.44. The van der Waals surface area contributed by atoms with Crippen LogP contribution < -0.4 is 5.32 Å². The number of nitrogens with one attached hydrogen (secondary N) is 1. The minimum Gasteiger partial charge on any atom is -0.381 e. The van der Waals surface area contributed by atoms with Crippen molar-refractivity contribution in [1.82, 2.24) is 20.0 Å². The van der Waals surface area contributed by atoms with Crippen LogP contribution in [0.15, 0.2) is 73.2 Å². The maximum atomic E-state index is 4.48. The molecule has 0 aliphatic rings. The number of nitrogens with zero attached hydrogens (tertiary/aromatic N) is 4. The number of benzene rings is 2. The van der Waals surface area contributed by atoms with Crippen molar-refractivity contribution in [2.24, 2.45) is 0 Å². The number of fused-ring (bicyclic) bond motifs is 1. The van der Waals surface area contributed by atoms with Crippen molar-refractivity contribution in [2.45, 2.75) is 6.54 Å². The van der Waals surface area contributed by atoms with Crippen molar-refractivity contribution >= 4 is 16.6 Å². The van der Waals surface area contributed by atoms with Crippen LogP contribution in [0.4, 0.5) is 5.69 Å². The second-order valence-electron chi connectivity index (χ2n) is 5.24. The molecule has 2 heterocycles. The lowest BCUT2D eigenvalue weighted by atomic mass is 10.1. The molecule has 0 aliphatic carbocycles. The molecule has 0 fully saturated rings. The van der Waals surface area contributed by atoms with Gasteiger partial charge >= 0.3 is 0 Å². The van der Waals surface area contributed by atoms with Gasteiger partial charge in [-0.05, 0) is 35.9 Å². The Balaban J connectivity index is 1.52. The Morgan fingerprint density at radius 1 is 0.913 bits per heavy atom. The molecule has 0 atom stereocenters. The van der Waals surface area contributed by atoms with Crippen molar-refractivity contribution in [3.05, 3.63) is 78.8 Å². The fraction of sp³-hybridized carbons (Fsp3) is 0.0556. The summed E-state index contributed by atoms with van der Waals surface area (Å²) in [5, 5.41) is 12.4. The van der Waals surface area contributed by atoms with E-state index in [0.717, 1.165) is 28.8 Å². The maximum Gasteiger partial charge on any atom is 0.0751 e. The van der Waals surface area contributed by atoms with Gasteiger partial charge < -0.3 is 5.32 Å². The maximum absolute atomic E-state index is 4.48. The molecule has 0 spiro atoms. The Hall–Kier alpha value is -3.21. The van der Waals surface area contributed by atoms with E-state index in [-0.39, 0.29) is 0 Å². The second-order valence-corrected chi connectivity index (χ2v) is 5.24. The molecule has 0 bridgehead atoms. The van der Waals surface area contributed by atoms with E-state index < -0.39 is 0 Å². The number of aromatic nitrogens is 4. The molecule has 0 saturated carbocycles. The quantitative estimate of drug-likeness (QED) is 0.627. The number of hydrogen-bond acceptors (Lipinski definition) is 4. The van der Waals surface area contributed by atoms with Crippen molar-refractivity contribution in [3.8, 4) is 5.69 Å². The van der Waals surface area contributed by atoms with E-state index in [2.05, 4.69) is 44.9 Å². The molecule has 4 rings (SSSR count). The highest BCUT2D eigenvalue weighted by Gasteiger charge is 2.02. The number of pyridine rings is 1. The molecule has 0 unspecified atom stereocenters. The smallest absolute Gasteiger partial charge is 0.0751 e. The number of hydrogen-bond donors (Lipinski definition) is 1. The van der Waals surface area contributed by atoms with Gasteiger partial charge in [-0.3, -0.25) is 4.98 Å². The summed E-state index contributed by atoms with van der Waals surface area (Å²) in [7, 11) is 0. The van der Waals surface area contributed by atoms with Gasteiger partial charge in [-0.25, -0.2) is 4.68 Å². The molecule has 0 radical (unpaired) electrons. The molecule has 0 saturated heterocycles. The zero-order chi connectivity index (χ0) is 15.5. The first-order valence-electron chi connectivity index (χ1n) is 7.43. The SMILES string of the molecule is c1cnc2c(CNc3ccc(-n4ccnn4)cc3)cccc2c1. The first kappa shape index (κ1) is 13.5. The normalized spacial score (nSPS) is 10.8. The predicted molar refractivity (Wildman–Crippen MR) is 90.4 cm³/mol. The summed E-state index contributed by atoms with van der Waals surface area (Å²) >= 11 is 0. The van der Waals surface area contributed by atoms with Gasteiger partial charge in [-0.15, -0.1) is 5.10 Å². The van der Waals surface area contributed by atoms with Gasteiger partial charge in [0.05, 0.1) is 23.6 Å². The summed E-state index contributed by atoms with van der Waals surface area (Å²) in [5.74, 6) is 0. The molecular weight excluding hydrogens is 286 g/mol. The molecule has 112 valence electrons. The molecule has 0 amide bonds. The summed E-state index contributed by atoms with van der Waals surface area (Å²) in [6.45, 7) is 0.733. The number of rotatable bonds is 4. The Morgan fingerprint density at radius 3 is 2.61 bits per heavy atom. The van der Waals surface area contributed by atoms with E-state index in [1.54, 1.807) is 10.9 Å². The Labute approximate surface area is 133 Å². The summed E-state index contributed by atoms with van der Waals surface area (Å²) in [6.07, 6.45) is 5.32. The first-order valence-corrected chi connectivity index (χ1v) is 7.43. The highest BCUT2D eigenvalue weighted by Crippen LogP contribution is 2.18. The molecule has 2 aromatic heterocycles. The molecular formula is C18H15N5. The number of para-hydroxylation sites is 1. The summed E-state index contributed by atoms with van der Waals surface area (Å²) in [4.78, 5) is 4.48. The fourth-order valence-corrected chi connectivity index (χ4v) is 2.59. The van der Waals surface area contributed by atoms with E-state index in [1.807, 2.05) is 42.7 Å². The third kappa shape index (κ3) is 2.76. The third-order valence-electron chi connectivity index (χ3n) is 3.75. The van der Waals surface area contributed by atoms with Crippen LogP contribution in [0.5, 0.6) is 0 Å². The van der Waals surface area contributed by atoms with Crippen molar-refractivity contribution in [3.63, 3.8) is 0 Å². The standard InChI is InChI=1S/C18H15N5/c1-3-14-5-2-10-19-18(14)15(4-1)13-20-16-6-8-17(9-7-16)23-12-11-21-22-23/h1-12,20H,13H2. The molecule has 0 aliphatic heterocycles. The van der Waals surface area contributed by atoms with Gasteiger partial charge in [0.25, 0.3) is 0 Å². The van der Waals surface area contributed by atoms with Crippen LogP contribution in [-0.2, 0) is 6.54 Å². The molecule has 5 nitrogen and oxygen atoms in total. The Bertz CT molecular complexity index is 908. The van der Waals surface area contributed by atoms with Gasteiger partial charge in [0.2, 0.25) is 0 Å². The van der Waals surface area contributed by atoms with E-state index in [9.17, 15) is 0 Å². The van der Waals surface area contributed by atoms with Crippen LogP contribution in [0.1, 0.15) is 5.56 Å². The van der Waals surface area contributed by atoms with Crippen molar-refractivity contribution in [2.75, 3.05) is 5.32 Å². The van der Waals surface area contributed by atoms with E-state index >= 15 is 0 Å². The first-order chi connectivity index (χ1) is 11.4. The lowest BCUT2D eigenvalue weighted by Gasteiger charge is -2.09. The lowest BCUT2D eigenvalue weighted by Crippen LogP contribution is -2.01.